The highest BCUT2D eigenvalue weighted by atomic mass is 19.2. The Bertz CT molecular complexity index is 486. The van der Waals surface area contributed by atoms with Crippen LogP contribution in [0.2, 0.25) is 0 Å². The summed E-state index contributed by atoms with van der Waals surface area (Å²) in [5, 5.41) is 17.1. The number of halogens is 1. The number of aliphatic hydroxyl groups is 1. The number of nitrogens with zero attached hydrogens (tertiary/aromatic N) is 4. The average molecular weight is 222 g/mol. The van der Waals surface area contributed by atoms with Crippen molar-refractivity contribution in [2.45, 2.75) is 12.8 Å². The van der Waals surface area contributed by atoms with Crippen LogP contribution in [0.3, 0.4) is 0 Å². The van der Waals surface area contributed by atoms with Crippen molar-refractivity contribution in [2.75, 3.05) is 0 Å². The summed E-state index contributed by atoms with van der Waals surface area (Å²) in [7, 11) is 1.70. The molecular weight excluding hydrogens is 211 g/mol. The number of aryl methyl sites for hydroxylation is 1. The van der Waals surface area contributed by atoms with Crippen LogP contribution in [-0.4, -0.2) is 25.1 Å². The zero-order valence-corrected chi connectivity index (χ0v) is 8.92. The predicted octanol–water partition coefficient (Wildman–Crippen LogP) is 1.01. The normalized spacial score (nSPS) is 14.8. The minimum Gasteiger partial charge on any atom is -0.358 e. The average Bonchev–Trinajstić information content (AvgIpc) is 2.64. The molecule has 2 aromatic rings. The van der Waals surface area contributed by atoms with Crippen LogP contribution in [0.25, 0.3) is 11.4 Å². The summed E-state index contributed by atoms with van der Waals surface area (Å²) in [5.74, 6) is -2.37. The van der Waals surface area contributed by atoms with Crippen LogP contribution < -0.4 is 0 Å². The number of hydrogen-bond acceptors (Lipinski definition) is 4. The maximum atomic E-state index is 13.1. The van der Waals surface area contributed by atoms with Gasteiger partial charge in [0, 0.05) is 18.8 Å². The molecule has 1 unspecified atom stereocenters. The van der Waals surface area contributed by atoms with Gasteiger partial charge in [-0.25, -0.2) is 4.39 Å². The quantitative estimate of drug-likeness (QED) is 0.823. The Morgan fingerprint density at radius 1 is 1.31 bits per heavy atom. The first-order chi connectivity index (χ1) is 7.47. The highest BCUT2D eigenvalue weighted by Crippen LogP contribution is 2.22. The van der Waals surface area contributed by atoms with E-state index in [0.29, 0.717) is 11.4 Å². The molecule has 2 rings (SSSR count). The van der Waals surface area contributed by atoms with Gasteiger partial charge in [-0.1, -0.05) is 0 Å². The second-order valence-corrected chi connectivity index (χ2v) is 3.60. The number of rotatable bonds is 2. The van der Waals surface area contributed by atoms with Gasteiger partial charge in [0.25, 0.3) is 0 Å². The molecule has 0 fully saturated rings. The van der Waals surface area contributed by atoms with E-state index >= 15 is 0 Å². The Labute approximate surface area is 91.6 Å². The standard InChI is InChI=1S/C10H11FN4O/c1-10(11,16)7-3-4-8(12-5-7)9-6-13-15(2)14-9/h3-6,16H,1-2H3. The van der Waals surface area contributed by atoms with E-state index < -0.39 is 5.85 Å². The molecule has 1 N–H and O–H groups in total. The summed E-state index contributed by atoms with van der Waals surface area (Å²) in [4.78, 5) is 5.43. The van der Waals surface area contributed by atoms with Crippen LogP contribution in [0.15, 0.2) is 24.5 Å². The van der Waals surface area contributed by atoms with E-state index in [1.54, 1.807) is 19.3 Å². The highest BCUT2D eigenvalue weighted by molar-refractivity contribution is 5.52. The van der Waals surface area contributed by atoms with E-state index in [1.165, 1.54) is 17.1 Å². The van der Waals surface area contributed by atoms with Gasteiger partial charge in [-0.2, -0.15) is 15.0 Å². The molecule has 1 atom stereocenters. The van der Waals surface area contributed by atoms with Gasteiger partial charge in [0.2, 0.25) is 5.85 Å². The van der Waals surface area contributed by atoms with Gasteiger partial charge in [0.05, 0.1) is 11.9 Å². The van der Waals surface area contributed by atoms with Gasteiger partial charge in [0.15, 0.2) is 0 Å². The Morgan fingerprint density at radius 2 is 2.06 bits per heavy atom. The van der Waals surface area contributed by atoms with E-state index in [1.807, 2.05) is 0 Å². The van der Waals surface area contributed by atoms with Gasteiger partial charge in [-0.3, -0.25) is 4.98 Å². The molecule has 0 aromatic carbocycles. The van der Waals surface area contributed by atoms with E-state index in [2.05, 4.69) is 15.2 Å². The first-order valence-electron chi connectivity index (χ1n) is 4.71. The van der Waals surface area contributed by atoms with Gasteiger partial charge in [-0.05, 0) is 19.1 Å². The van der Waals surface area contributed by atoms with Gasteiger partial charge < -0.3 is 5.11 Å². The van der Waals surface area contributed by atoms with Crippen molar-refractivity contribution in [3.63, 3.8) is 0 Å². The highest BCUT2D eigenvalue weighted by Gasteiger charge is 2.21. The predicted molar refractivity (Wildman–Crippen MR) is 54.9 cm³/mol. The fraction of sp³-hybridized carbons (Fsp3) is 0.300. The molecule has 0 aliphatic rings. The van der Waals surface area contributed by atoms with Crippen molar-refractivity contribution in [3.8, 4) is 11.4 Å². The van der Waals surface area contributed by atoms with Crippen LogP contribution in [0.5, 0.6) is 0 Å². The van der Waals surface area contributed by atoms with Crippen LogP contribution in [0.4, 0.5) is 4.39 Å². The molecule has 0 radical (unpaired) electrons. The van der Waals surface area contributed by atoms with Crippen molar-refractivity contribution in [1.82, 2.24) is 20.0 Å². The van der Waals surface area contributed by atoms with Crippen LogP contribution in [0, 0.1) is 0 Å². The molecule has 0 amide bonds. The second kappa shape index (κ2) is 3.64. The fourth-order valence-electron chi connectivity index (χ4n) is 1.28. The maximum Gasteiger partial charge on any atom is 0.231 e. The zero-order valence-electron chi connectivity index (χ0n) is 8.92. The lowest BCUT2D eigenvalue weighted by molar-refractivity contribution is -0.0771. The SMILES string of the molecule is Cn1ncc(-c2ccc(C(C)(O)F)cn2)n1. The molecule has 0 bridgehead atoms. The first-order valence-corrected chi connectivity index (χ1v) is 4.71. The monoisotopic (exact) mass is 222 g/mol. The lowest BCUT2D eigenvalue weighted by Crippen LogP contribution is -2.13. The molecule has 0 saturated carbocycles. The second-order valence-electron chi connectivity index (χ2n) is 3.60. The lowest BCUT2D eigenvalue weighted by Gasteiger charge is -2.12. The molecule has 16 heavy (non-hydrogen) atoms. The molecule has 84 valence electrons. The Balaban J connectivity index is 2.33. The molecule has 5 nitrogen and oxygen atoms in total. The molecule has 0 aliphatic heterocycles. The fourth-order valence-corrected chi connectivity index (χ4v) is 1.28. The van der Waals surface area contributed by atoms with Gasteiger partial charge >= 0.3 is 0 Å². The summed E-state index contributed by atoms with van der Waals surface area (Å²) < 4.78 is 13.1. The molecule has 2 aromatic heterocycles. The molecule has 6 heteroatoms. The minimum atomic E-state index is -2.37. The molecule has 0 saturated heterocycles. The van der Waals surface area contributed by atoms with Crippen molar-refractivity contribution in [1.29, 1.82) is 0 Å². The van der Waals surface area contributed by atoms with E-state index in [0.717, 1.165) is 6.92 Å². The third kappa shape index (κ3) is 2.06. The van der Waals surface area contributed by atoms with Crippen molar-refractivity contribution < 1.29 is 9.50 Å². The third-order valence-corrected chi connectivity index (χ3v) is 2.15. The van der Waals surface area contributed by atoms with Crippen molar-refractivity contribution in [2.24, 2.45) is 7.05 Å². The molecular formula is C10H11FN4O. The largest absolute Gasteiger partial charge is 0.358 e. The van der Waals surface area contributed by atoms with E-state index in [9.17, 15) is 4.39 Å². The Morgan fingerprint density at radius 3 is 2.50 bits per heavy atom. The number of aromatic nitrogens is 4. The number of hydrogen-bond donors (Lipinski definition) is 1. The van der Waals surface area contributed by atoms with Gasteiger partial charge in [-0.15, -0.1) is 0 Å². The summed E-state index contributed by atoms with van der Waals surface area (Å²) in [6.07, 6.45) is 2.85. The lowest BCUT2D eigenvalue weighted by atomic mass is 10.1. The Kier molecular flexibility index (Phi) is 2.43. The summed E-state index contributed by atoms with van der Waals surface area (Å²) in [5.41, 5.74) is 1.30. The Hall–Kier alpha value is -1.82. The zero-order chi connectivity index (χ0) is 11.8. The van der Waals surface area contributed by atoms with E-state index in [4.69, 9.17) is 5.11 Å². The molecule has 0 aliphatic carbocycles. The van der Waals surface area contributed by atoms with Crippen LogP contribution in [0.1, 0.15) is 12.5 Å². The molecule has 0 spiro atoms. The first kappa shape index (κ1) is 10.7. The number of pyridine rings is 1. The number of alkyl halides is 1. The smallest absolute Gasteiger partial charge is 0.231 e. The van der Waals surface area contributed by atoms with Crippen LogP contribution in [-0.2, 0) is 12.9 Å². The van der Waals surface area contributed by atoms with Gasteiger partial charge in [0.1, 0.15) is 5.69 Å². The summed E-state index contributed by atoms with van der Waals surface area (Å²) >= 11 is 0. The molecule has 2 heterocycles. The van der Waals surface area contributed by atoms with E-state index in [-0.39, 0.29) is 5.56 Å². The maximum absolute atomic E-state index is 13.1. The van der Waals surface area contributed by atoms with Crippen LogP contribution >= 0.6 is 0 Å². The summed E-state index contributed by atoms with van der Waals surface area (Å²) in [6, 6.07) is 3.06. The van der Waals surface area contributed by atoms with Crippen molar-refractivity contribution in [3.05, 3.63) is 30.1 Å². The summed E-state index contributed by atoms with van der Waals surface area (Å²) in [6.45, 7) is 1.06. The topological polar surface area (TPSA) is 63.8 Å². The third-order valence-electron chi connectivity index (χ3n) is 2.15. The van der Waals surface area contributed by atoms with Crippen molar-refractivity contribution >= 4 is 0 Å². The minimum absolute atomic E-state index is 0.111.